The first-order valence-corrected chi connectivity index (χ1v) is 3.37. The fourth-order valence-electron chi connectivity index (χ4n) is 1.01. The molecule has 0 aromatic heterocycles. The predicted octanol–water partition coefficient (Wildman–Crippen LogP) is -0.112. The Hall–Kier alpha value is -1.22. The van der Waals surface area contributed by atoms with Gasteiger partial charge in [-0.15, -0.1) is 12.4 Å². The Bertz CT molecular complexity index is 413. The summed E-state index contributed by atoms with van der Waals surface area (Å²) in [5.41, 5.74) is 0. The van der Waals surface area contributed by atoms with E-state index in [2.05, 4.69) is 9.98 Å². The van der Waals surface area contributed by atoms with E-state index in [9.17, 15) is 4.79 Å². The monoisotopic (exact) mass is 182 g/mol. The third-order valence-corrected chi connectivity index (χ3v) is 1.51. The number of benzene rings is 1. The number of carbonyl (C=O) groups is 1. The van der Waals surface area contributed by atoms with Gasteiger partial charge < -0.3 is 0 Å². The van der Waals surface area contributed by atoms with Crippen LogP contribution in [0.15, 0.2) is 34.3 Å². The Labute approximate surface area is 75.3 Å². The van der Waals surface area contributed by atoms with Crippen LogP contribution in [0.3, 0.4) is 0 Å². The lowest BCUT2D eigenvalue weighted by Gasteiger charge is -1.95. The van der Waals surface area contributed by atoms with Gasteiger partial charge in [0.2, 0.25) is 0 Å². The molecule has 0 aliphatic carbocycles. The van der Waals surface area contributed by atoms with Gasteiger partial charge in [-0.1, -0.05) is 12.1 Å². The highest BCUT2D eigenvalue weighted by Gasteiger charge is 2.01. The molecule has 12 heavy (non-hydrogen) atoms. The number of amides is 1. The molecule has 0 bridgehead atoms. The Morgan fingerprint density at radius 1 is 1.17 bits per heavy atom. The number of nitrogens with zero attached hydrogens (tertiary/aromatic N) is 2. The van der Waals surface area contributed by atoms with Crippen LogP contribution in [0.5, 0.6) is 0 Å². The summed E-state index contributed by atoms with van der Waals surface area (Å²) < 4.78 is 0. The molecular weight excluding hydrogens is 176 g/mol. The summed E-state index contributed by atoms with van der Waals surface area (Å²) in [5.74, 6) is -0.163. The number of halogens is 1. The third-order valence-electron chi connectivity index (χ3n) is 1.51. The molecular formula is C8H7ClN2O. The summed E-state index contributed by atoms with van der Waals surface area (Å²) in [6.45, 7) is 0.191. The molecule has 0 radical (unpaired) electrons. The number of para-hydroxylation sites is 2. The standard InChI is InChI=1S/C8H6N2O.ClH/c11-8-5-9-6-3-1-2-4-7(6)10-8;/h1-4H,5H2;1H. The molecule has 2 rings (SSSR count). The van der Waals surface area contributed by atoms with Crippen molar-refractivity contribution in [1.29, 1.82) is 0 Å². The maximum absolute atomic E-state index is 10.8. The average molecular weight is 183 g/mol. The number of rotatable bonds is 0. The second-order valence-electron chi connectivity index (χ2n) is 2.31. The summed E-state index contributed by atoms with van der Waals surface area (Å²) in [6, 6.07) is 7.37. The SMILES string of the molecule is Cl.O=C1CN=c2ccccc2=N1. The molecule has 1 aromatic rings. The fourth-order valence-corrected chi connectivity index (χ4v) is 1.01. The smallest absolute Gasteiger partial charge is 0.267 e. The van der Waals surface area contributed by atoms with Crippen LogP contribution in [0.4, 0.5) is 0 Å². The summed E-state index contributed by atoms with van der Waals surface area (Å²) >= 11 is 0. The lowest BCUT2D eigenvalue weighted by molar-refractivity contribution is -0.116. The van der Waals surface area contributed by atoms with Crippen LogP contribution in [0.25, 0.3) is 0 Å². The molecule has 0 saturated heterocycles. The van der Waals surface area contributed by atoms with Gasteiger partial charge in [0.25, 0.3) is 5.91 Å². The van der Waals surface area contributed by atoms with Crippen molar-refractivity contribution in [3.05, 3.63) is 35.0 Å². The van der Waals surface area contributed by atoms with Crippen molar-refractivity contribution in [2.75, 3.05) is 6.54 Å². The van der Waals surface area contributed by atoms with Gasteiger partial charge in [0.05, 0.1) is 10.7 Å². The molecule has 0 N–H and O–H groups in total. The molecule has 0 spiro atoms. The minimum absolute atomic E-state index is 0. The Kier molecular flexibility index (Phi) is 2.55. The van der Waals surface area contributed by atoms with Crippen LogP contribution in [-0.4, -0.2) is 12.5 Å². The van der Waals surface area contributed by atoms with Crippen molar-refractivity contribution in [3.8, 4) is 0 Å². The van der Waals surface area contributed by atoms with Crippen molar-refractivity contribution in [3.63, 3.8) is 0 Å². The van der Waals surface area contributed by atoms with E-state index < -0.39 is 0 Å². The summed E-state index contributed by atoms with van der Waals surface area (Å²) in [6.07, 6.45) is 0. The molecule has 1 aliphatic rings. The maximum Gasteiger partial charge on any atom is 0.267 e. The molecule has 0 unspecified atom stereocenters. The quantitative estimate of drug-likeness (QED) is 0.552. The zero-order chi connectivity index (χ0) is 7.68. The molecule has 0 fully saturated rings. The zero-order valence-corrected chi connectivity index (χ0v) is 7.04. The first-order valence-electron chi connectivity index (χ1n) is 3.37. The second kappa shape index (κ2) is 3.45. The Balaban J connectivity index is 0.000000720. The van der Waals surface area contributed by atoms with Crippen molar-refractivity contribution in [1.82, 2.24) is 0 Å². The van der Waals surface area contributed by atoms with E-state index in [1.807, 2.05) is 18.2 Å². The van der Waals surface area contributed by atoms with Crippen molar-refractivity contribution in [2.45, 2.75) is 0 Å². The van der Waals surface area contributed by atoms with Gasteiger partial charge in [-0.05, 0) is 12.1 Å². The van der Waals surface area contributed by atoms with Crippen LogP contribution < -0.4 is 10.7 Å². The van der Waals surface area contributed by atoms with Gasteiger partial charge in [0, 0.05) is 0 Å². The van der Waals surface area contributed by atoms with Crippen LogP contribution in [0, 0.1) is 0 Å². The third kappa shape index (κ3) is 1.51. The van der Waals surface area contributed by atoms with Crippen LogP contribution in [0.1, 0.15) is 0 Å². The van der Waals surface area contributed by atoms with Crippen molar-refractivity contribution in [2.24, 2.45) is 9.98 Å². The van der Waals surface area contributed by atoms with Gasteiger partial charge in [0.1, 0.15) is 6.54 Å². The van der Waals surface area contributed by atoms with Crippen molar-refractivity contribution >= 4 is 18.3 Å². The van der Waals surface area contributed by atoms with Crippen LogP contribution in [-0.2, 0) is 4.79 Å². The number of hydrogen-bond acceptors (Lipinski definition) is 2. The molecule has 62 valence electrons. The Morgan fingerprint density at radius 2 is 1.83 bits per heavy atom. The van der Waals surface area contributed by atoms with Crippen molar-refractivity contribution < 1.29 is 4.79 Å². The van der Waals surface area contributed by atoms with E-state index in [1.54, 1.807) is 6.07 Å². The lowest BCUT2D eigenvalue weighted by atomic mass is 10.3. The first kappa shape index (κ1) is 8.87. The van der Waals surface area contributed by atoms with E-state index >= 15 is 0 Å². The van der Waals surface area contributed by atoms with E-state index in [0.717, 1.165) is 5.36 Å². The predicted molar refractivity (Wildman–Crippen MR) is 45.9 cm³/mol. The fraction of sp³-hybridized carbons (Fsp3) is 0.125. The highest BCUT2D eigenvalue weighted by atomic mass is 35.5. The maximum atomic E-state index is 10.8. The number of fused-ring (bicyclic) bond motifs is 1. The largest absolute Gasteiger partial charge is 0.273 e. The average Bonchev–Trinajstić information content (AvgIpc) is 2.04. The molecule has 1 aromatic carbocycles. The van der Waals surface area contributed by atoms with Gasteiger partial charge >= 0.3 is 0 Å². The van der Waals surface area contributed by atoms with E-state index in [0.29, 0.717) is 5.36 Å². The minimum atomic E-state index is -0.163. The molecule has 0 atom stereocenters. The zero-order valence-electron chi connectivity index (χ0n) is 6.23. The van der Waals surface area contributed by atoms with Gasteiger partial charge in [0.15, 0.2) is 0 Å². The summed E-state index contributed by atoms with van der Waals surface area (Å²) in [4.78, 5) is 18.6. The Morgan fingerprint density at radius 3 is 2.58 bits per heavy atom. The topological polar surface area (TPSA) is 41.8 Å². The number of hydrogen-bond donors (Lipinski definition) is 0. The molecule has 3 nitrogen and oxygen atoms in total. The van der Waals surface area contributed by atoms with E-state index in [-0.39, 0.29) is 24.9 Å². The second-order valence-corrected chi connectivity index (χ2v) is 2.31. The van der Waals surface area contributed by atoms with E-state index in [1.165, 1.54) is 0 Å². The van der Waals surface area contributed by atoms with Crippen LogP contribution >= 0.6 is 12.4 Å². The minimum Gasteiger partial charge on any atom is -0.273 e. The highest BCUT2D eigenvalue weighted by molar-refractivity contribution is 5.85. The van der Waals surface area contributed by atoms with E-state index in [4.69, 9.17) is 0 Å². The molecule has 4 heteroatoms. The highest BCUT2D eigenvalue weighted by Crippen LogP contribution is 1.80. The molecule has 0 saturated carbocycles. The normalized spacial score (nSPS) is 13.5. The van der Waals surface area contributed by atoms with Crippen LogP contribution in [0.2, 0.25) is 0 Å². The molecule has 1 heterocycles. The molecule has 1 amide bonds. The number of carbonyl (C=O) groups excluding carboxylic acids is 1. The summed E-state index contributed by atoms with van der Waals surface area (Å²) in [5, 5.41) is 1.50. The van der Waals surface area contributed by atoms with Gasteiger partial charge in [-0.25, -0.2) is 4.99 Å². The summed E-state index contributed by atoms with van der Waals surface area (Å²) in [7, 11) is 0. The van der Waals surface area contributed by atoms with Gasteiger partial charge in [-0.2, -0.15) is 0 Å². The first-order chi connectivity index (χ1) is 5.36. The lowest BCUT2D eigenvalue weighted by Crippen LogP contribution is -2.31. The van der Waals surface area contributed by atoms with Gasteiger partial charge in [-0.3, -0.25) is 9.79 Å². The molecule has 1 aliphatic heterocycles.